The Kier molecular flexibility index (Phi) is 2.63. The molecule has 0 radical (unpaired) electrons. The van der Waals surface area contributed by atoms with Crippen molar-refractivity contribution in [1.82, 2.24) is 10.2 Å². The number of aliphatic imine (C=N–C) groups is 1. The number of carbonyl (C=O) groups is 1. The molecule has 1 rings (SSSR count). The highest BCUT2D eigenvalue weighted by Crippen LogP contribution is 2.08. The topological polar surface area (TPSA) is 44.7 Å². The molecule has 4 heteroatoms. The van der Waals surface area contributed by atoms with E-state index >= 15 is 0 Å². The number of hydrogen-bond donors (Lipinski definition) is 1. The van der Waals surface area contributed by atoms with E-state index in [1.807, 2.05) is 0 Å². The molecular weight excluding hydrogens is 154 g/mol. The second-order valence-corrected chi connectivity index (χ2v) is 2.37. The van der Waals surface area contributed by atoms with Crippen molar-refractivity contribution in [3.8, 4) is 0 Å². The first-order chi connectivity index (χ1) is 5.75. The Morgan fingerprint density at radius 1 is 1.67 bits per heavy atom. The zero-order chi connectivity index (χ0) is 8.97. The van der Waals surface area contributed by atoms with Gasteiger partial charge >= 0.3 is 6.03 Å². The molecule has 0 aromatic rings. The molecule has 0 spiro atoms. The molecule has 0 unspecified atom stereocenters. The third kappa shape index (κ3) is 1.72. The number of hydrogen-bond acceptors (Lipinski definition) is 2. The van der Waals surface area contributed by atoms with Crippen LogP contribution in [-0.2, 0) is 0 Å². The Morgan fingerprint density at radius 2 is 2.42 bits per heavy atom. The fourth-order valence-corrected chi connectivity index (χ4v) is 0.911. The van der Waals surface area contributed by atoms with Gasteiger partial charge < -0.3 is 5.32 Å². The van der Waals surface area contributed by atoms with Gasteiger partial charge in [0.1, 0.15) is 6.34 Å². The van der Waals surface area contributed by atoms with Crippen molar-refractivity contribution in [2.45, 2.75) is 6.42 Å². The summed E-state index contributed by atoms with van der Waals surface area (Å²) in [4.78, 5) is 16.3. The minimum atomic E-state index is -0.183. The van der Waals surface area contributed by atoms with Crippen LogP contribution in [0.15, 0.2) is 30.0 Å². The van der Waals surface area contributed by atoms with Crippen LogP contribution in [0, 0.1) is 0 Å². The third-order valence-corrected chi connectivity index (χ3v) is 1.54. The van der Waals surface area contributed by atoms with E-state index in [9.17, 15) is 4.79 Å². The number of nitrogens with zero attached hydrogens (tertiary/aromatic N) is 2. The van der Waals surface area contributed by atoms with Crippen LogP contribution in [0.2, 0.25) is 0 Å². The molecule has 1 saturated heterocycles. The van der Waals surface area contributed by atoms with Gasteiger partial charge in [-0.2, -0.15) is 0 Å². The lowest BCUT2D eigenvalue weighted by Gasteiger charge is -2.25. The van der Waals surface area contributed by atoms with Crippen molar-refractivity contribution in [2.24, 2.45) is 4.99 Å². The van der Waals surface area contributed by atoms with Crippen molar-refractivity contribution < 1.29 is 4.79 Å². The first-order valence-corrected chi connectivity index (χ1v) is 3.64. The molecule has 0 aromatic carbocycles. The van der Waals surface area contributed by atoms with Gasteiger partial charge in [0.15, 0.2) is 0 Å². The quantitative estimate of drug-likeness (QED) is 0.483. The van der Waals surface area contributed by atoms with Gasteiger partial charge in [-0.25, -0.2) is 9.79 Å². The van der Waals surface area contributed by atoms with Gasteiger partial charge in [-0.05, 0) is 0 Å². The fraction of sp³-hybridized carbons (Fsp3) is 0.250. The summed E-state index contributed by atoms with van der Waals surface area (Å²) < 4.78 is 0. The van der Waals surface area contributed by atoms with E-state index in [0.29, 0.717) is 6.54 Å². The van der Waals surface area contributed by atoms with Gasteiger partial charge in [-0.15, -0.1) is 0 Å². The molecule has 0 aromatic heterocycles. The maximum Gasteiger partial charge on any atom is 0.326 e. The smallest absolute Gasteiger partial charge is 0.326 e. The van der Waals surface area contributed by atoms with Gasteiger partial charge in [0.05, 0.1) is 0 Å². The molecule has 0 bridgehead atoms. The first-order valence-electron chi connectivity index (χ1n) is 3.64. The molecule has 0 saturated carbocycles. The van der Waals surface area contributed by atoms with Crippen LogP contribution in [0.25, 0.3) is 0 Å². The molecule has 0 aliphatic carbocycles. The summed E-state index contributed by atoms with van der Waals surface area (Å²) >= 11 is 0. The normalized spacial score (nSPS) is 18.2. The molecule has 64 valence electrons. The predicted molar refractivity (Wildman–Crippen MR) is 47.7 cm³/mol. The van der Waals surface area contributed by atoms with Crippen LogP contribution in [0.5, 0.6) is 0 Å². The van der Waals surface area contributed by atoms with Gasteiger partial charge in [0, 0.05) is 24.9 Å². The van der Waals surface area contributed by atoms with E-state index in [2.05, 4.69) is 23.5 Å². The highest BCUT2D eigenvalue weighted by Gasteiger charge is 2.18. The Hall–Kier alpha value is -1.58. The van der Waals surface area contributed by atoms with Gasteiger partial charge in [-0.3, -0.25) is 4.90 Å². The first kappa shape index (κ1) is 8.52. The Morgan fingerprint density at radius 3 is 3.00 bits per heavy atom. The highest BCUT2D eigenvalue weighted by molar-refractivity contribution is 5.89. The van der Waals surface area contributed by atoms with E-state index in [1.165, 1.54) is 17.4 Å². The number of nitrogens with one attached hydrogen (secondary N) is 1. The minimum absolute atomic E-state index is 0.183. The average molecular weight is 165 g/mol. The van der Waals surface area contributed by atoms with Crippen molar-refractivity contribution in [1.29, 1.82) is 0 Å². The fourth-order valence-electron chi connectivity index (χ4n) is 0.911. The van der Waals surface area contributed by atoms with E-state index in [0.717, 1.165) is 12.1 Å². The van der Waals surface area contributed by atoms with Crippen molar-refractivity contribution in [2.75, 3.05) is 6.54 Å². The van der Waals surface area contributed by atoms with E-state index in [-0.39, 0.29) is 6.03 Å². The van der Waals surface area contributed by atoms with Crippen molar-refractivity contribution in [3.63, 3.8) is 0 Å². The molecule has 1 N–H and O–H groups in total. The van der Waals surface area contributed by atoms with Crippen LogP contribution in [0.1, 0.15) is 6.42 Å². The van der Waals surface area contributed by atoms with Crippen LogP contribution in [0.3, 0.4) is 0 Å². The lowest BCUT2D eigenvalue weighted by atomic mass is 10.3. The number of urea groups is 1. The third-order valence-electron chi connectivity index (χ3n) is 1.54. The maximum atomic E-state index is 11.1. The number of carbonyl (C=O) groups excluding carboxylic acids is 1. The molecule has 1 aliphatic rings. The van der Waals surface area contributed by atoms with Crippen LogP contribution in [-0.4, -0.2) is 23.8 Å². The Bertz CT molecular complexity index is 229. The van der Waals surface area contributed by atoms with Crippen molar-refractivity contribution in [3.05, 3.63) is 25.1 Å². The summed E-state index contributed by atoms with van der Waals surface area (Å²) in [6, 6.07) is -0.183. The van der Waals surface area contributed by atoms with Crippen LogP contribution < -0.4 is 5.32 Å². The summed E-state index contributed by atoms with van der Waals surface area (Å²) in [5.41, 5.74) is 0.754. The van der Waals surface area contributed by atoms with Gasteiger partial charge in [-0.1, -0.05) is 13.2 Å². The largest absolute Gasteiger partial charge is 0.337 e. The summed E-state index contributed by atoms with van der Waals surface area (Å²) in [6.07, 6.45) is 3.54. The number of rotatable bonds is 2. The maximum absolute atomic E-state index is 11.1. The van der Waals surface area contributed by atoms with E-state index in [1.54, 1.807) is 0 Å². The lowest BCUT2D eigenvalue weighted by molar-refractivity contribution is 0.223. The van der Waals surface area contributed by atoms with E-state index < -0.39 is 0 Å². The average Bonchev–Trinajstić information content (AvgIpc) is 2.04. The summed E-state index contributed by atoms with van der Waals surface area (Å²) in [6.45, 7) is 7.80. The second kappa shape index (κ2) is 3.71. The molecular formula is C8H11N3O. The van der Waals surface area contributed by atoms with Crippen LogP contribution >= 0.6 is 0 Å². The zero-order valence-corrected chi connectivity index (χ0v) is 6.79. The van der Waals surface area contributed by atoms with Gasteiger partial charge in [0.25, 0.3) is 0 Å². The van der Waals surface area contributed by atoms with E-state index in [4.69, 9.17) is 0 Å². The SMILES string of the molecule is C=C/N=C\N1C(=C)CCNC1=O. The number of amides is 2. The lowest BCUT2D eigenvalue weighted by Crippen LogP contribution is -2.43. The van der Waals surface area contributed by atoms with Crippen LogP contribution in [0.4, 0.5) is 4.79 Å². The summed E-state index contributed by atoms with van der Waals surface area (Å²) in [7, 11) is 0. The molecule has 12 heavy (non-hydrogen) atoms. The monoisotopic (exact) mass is 165 g/mol. The predicted octanol–water partition coefficient (Wildman–Crippen LogP) is 1.09. The zero-order valence-electron chi connectivity index (χ0n) is 6.79. The minimum Gasteiger partial charge on any atom is -0.337 e. The second-order valence-electron chi connectivity index (χ2n) is 2.37. The highest BCUT2D eigenvalue weighted by atomic mass is 16.2. The standard InChI is InChI=1S/C8H11N3O/c1-3-9-6-11-7(2)4-5-10-8(11)12/h3,6H,1-2,4-5H2,(H,10,12)/b9-6-. The Balaban J connectivity index is 2.69. The molecule has 0 atom stereocenters. The molecule has 1 fully saturated rings. The van der Waals surface area contributed by atoms with Crippen molar-refractivity contribution >= 4 is 12.4 Å². The van der Waals surface area contributed by atoms with Gasteiger partial charge in [0.2, 0.25) is 0 Å². The summed E-state index contributed by atoms with van der Waals surface area (Å²) in [5.74, 6) is 0. The Labute approximate surface area is 71.3 Å². The molecule has 1 heterocycles. The molecule has 2 amide bonds. The molecule has 4 nitrogen and oxygen atoms in total. The summed E-state index contributed by atoms with van der Waals surface area (Å²) in [5, 5.41) is 2.67. The molecule has 1 aliphatic heterocycles.